The molecule has 0 aliphatic carbocycles. The molecule has 0 saturated carbocycles. The van der Waals surface area contributed by atoms with Crippen molar-refractivity contribution in [2.75, 3.05) is 11.9 Å². The Kier molecular flexibility index (Phi) is 3.78. The number of tetrazole rings is 1. The van der Waals surface area contributed by atoms with Crippen LogP contribution in [-0.2, 0) is 0 Å². The van der Waals surface area contributed by atoms with Gasteiger partial charge in [-0.2, -0.15) is 0 Å². The molecular formula is C13H18FN5. The first kappa shape index (κ1) is 13.5. The van der Waals surface area contributed by atoms with Gasteiger partial charge in [-0.3, -0.25) is 0 Å². The van der Waals surface area contributed by atoms with E-state index in [-0.39, 0.29) is 11.2 Å². The fourth-order valence-electron chi connectivity index (χ4n) is 1.64. The summed E-state index contributed by atoms with van der Waals surface area (Å²) in [7, 11) is 0. The van der Waals surface area contributed by atoms with Crippen LogP contribution >= 0.6 is 0 Å². The molecular weight excluding hydrogens is 245 g/mol. The summed E-state index contributed by atoms with van der Waals surface area (Å²) in [5.74, 6) is -0.272. The smallest absolute Gasteiger partial charge is 0.146 e. The number of aromatic nitrogens is 4. The van der Waals surface area contributed by atoms with Gasteiger partial charge in [0.2, 0.25) is 0 Å². The molecule has 0 aliphatic heterocycles. The molecule has 0 aliphatic rings. The van der Waals surface area contributed by atoms with Crippen LogP contribution in [0.3, 0.4) is 0 Å². The van der Waals surface area contributed by atoms with E-state index < -0.39 is 0 Å². The van der Waals surface area contributed by atoms with Crippen LogP contribution in [0.5, 0.6) is 0 Å². The molecule has 1 aromatic heterocycles. The highest BCUT2D eigenvalue weighted by Gasteiger charge is 2.10. The van der Waals surface area contributed by atoms with Gasteiger partial charge in [-0.25, -0.2) is 9.07 Å². The van der Waals surface area contributed by atoms with Crippen LogP contribution in [0.15, 0.2) is 24.5 Å². The van der Waals surface area contributed by atoms with Gasteiger partial charge in [0, 0.05) is 6.54 Å². The minimum atomic E-state index is -0.272. The van der Waals surface area contributed by atoms with E-state index in [0.717, 1.165) is 18.7 Å². The summed E-state index contributed by atoms with van der Waals surface area (Å²) < 4.78 is 15.2. The molecule has 0 amide bonds. The van der Waals surface area contributed by atoms with Crippen LogP contribution in [0, 0.1) is 11.2 Å². The van der Waals surface area contributed by atoms with Gasteiger partial charge >= 0.3 is 0 Å². The lowest BCUT2D eigenvalue weighted by Gasteiger charge is -2.19. The summed E-state index contributed by atoms with van der Waals surface area (Å²) in [6.45, 7) is 7.19. The molecule has 0 spiro atoms. The molecule has 0 atom stereocenters. The molecule has 0 radical (unpaired) electrons. The first-order valence-corrected chi connectivity index (χ1v) is 6.22. The summed E-state index contributed by atoms with van der Waals surface area (Å²) in [5.41, 5.74) is 1.42. The summed E-state index contributed by atoms with van der Waals surface area (Å²) in [6, 6.07) is 4.76. The van der Waals surface area contributed by atoms with Crippen molar-refractivity contribution < 1.29 is 4.39 Å². The quantitative estimate of drug-likeness (QED) is 0.921. The second-order valence-electron chi connectivity index (χ2n) is 5.66. The van der Waals surface area contributed by atoms with Crippen LogP contribution in [0.1, 0.15) is 27.2 Å². The molecule has 0 bridgehead atoms. The van der Waals surface area contributed by atoms with E-state index in [0.29, 0.717) is 5.69 Å². The highest BCUT2D eigenvalue weighted by molar-refractivity contribution is 5.51. The van der Waals surface area contributed by atoms with E-state index in [9.17, 15) is 4.39 Å². The fraction of sp³-hybridized carbons (Fsp3) is 0.462. The molecule has 102 valence electrons. The van der Waals surface area contributed by atoms with E-state index >= 15 is 0 Å². The number of halogens is 1. The molecule has 2 rings (SSSR count). The van der Waals surface area contributed by atoms with Gasteiger partial charge in [-0.05, 0) is 40.5 Å². The van der Waals surface area contributed by atoms with Crippen molar-refractivity contribution in [3.05, 3.63) is 30.3 Å². The third kappa shape index (κ3) is 3.74. The van der Waals surface area contributed by atoms with Crippen LogP contribution < -0.4 is 5.32 Å². The third-order valence-corrected chi connectivity index (χ3v) is 2.75. The van der Waals surface area contributed by atoms with E-state index in [1.165, 1.54) is 17.1 Å². The van der Waals surface area contributed by atoms with E-state index in [1.54, 1.807) is 12.1 Å². The van der Waals surface area contributed by atoms with Gasteiger partial charge in [-0.15, -0.1) is 5.10 Å². The standard InChI is InChI=1S/C13H18FN5/c1-13(2,3)6-7-15-12-8-10(4-5-11(12)14)19-9-16-17-18-19/h4-5,8-9,15H,6-7H2,1-3H3. The largest absolute Gasteiger partial charge is 0.383 e. The van der Waals surface area contributed by atoms with Gasteiger partial charge in [-0.1, -0.05) is 20.8 Å². The number of hydrogen-bond acceptors (Lipinski definition) is 4. The van der Waals surface area contributed by atoms with Crippen LogP contribution in [0.2, 0.25) is 0 Å². The monoisotopic (exact) mass is 263 g/mol. The molecule has 0 fully saturated rings. The summed E-state index contributed by atoms with van der Waals surface area (Å²) >= 11 is 0. The summed E-state index contributed by atoms with van der Waals surface area (Å²) in [4.78, 5) is 0. The van der Waals surface area contributed by atoms with Gasteiger partial charge in [0.05, 0.1) is 11.4 Å². The third-order valence-electron chi connectivity index (χ3n) is 2.75. The Morgan fingerprint density at radius 3 is 2.74 bits per heavy atom. The van der Waals surface area contributed by atoms with Crippen molar-refractivity contribution in [3.63, 3.8) is 0 Å². The number of nitrogens with one attached hydrogen (secondary N) is 1. The zero-order valence-corrected chi connectivity index (χ0v) is 11.4. The van der Waals surface area contributed by atoms with Crippen molar-refractivity contribution in [3.8, 4) is 5.69 Å². The van der Waals surface area contributed by atoms with E-state index in [4.69, 9.17) is 0 Å². The Labute approximate surface area is 111 Å². The maximum atomic E-state index is 13.7. The van der Waals surface area contributed by atoms with E-state index in [2.05, 4.69) is 41.6 Å². The summed E-state index contributed by atoms with van der Waals surface area (Å²) in [6.07, 6.45) is 2.44. The highest BCUT2D eigenvalue weighted by atomic mass is 19.1. The van der Waals surface area contributed by atoms with Crippen molar-refractivity contribution in [1.29, 1.82) is 0 Å². The first-order valence-electron chi connectivity index (χ1n) is 6.22. The lowest BCUT2D eigenvalue weighted by molar-refractivity contribution is 0.389. The number of benzene rings is 1. The van der Waals surface area contributed by atoms with Gasteiger partial charge in [0.15, 0.2) is 0 Å². The molecule has 5 nitrogen and oxygen atoms in total. The van der Waals surface area contributed by atoms with Crippen molar-refractivity contribution in [1.82, 2.24) is 20.2 Å². The number of nitrogens with zero attached hydrogens (tertiary/aromatic N) is 4. The average molecular weight is 263 g/mol. The minimum Gasteiger partial charge on any atom is -0.383 e. The highest BCUT2D eigenvalue weighted by Crippen LogP contribution is 2.21. The number of rotatable bonds is 4. The maximum absolute atomic E-state index is 13.7. The van der Waals surface area contributed by atoms with Crippen LogP contribution in [0.4, 0.5) is 10.1 Å². The van der Waals surface area contributed by atoms with Crippen LogP contribution in [0.25, 0.3) is 5.69 Å². The Bertz CT molecular complexity index is 530. The second-order valence-corrected chi connectivity index (χ2v) is 5.66. The molecule has 1 heterocycles. The summed E-state index contributed by atoms with van der Waals surface area (Å²) in [5, 5.41) is 14.0. The molecule has 2 aromatic rings. The Balaban J connectivity index is 2.10. The maximum Gasteiger partial charge on any atom is 0.146 e. The van der Waals surface area contributed by atoms with Gasteiger partial charge in [0.25, 0.3) is 0 Å². The Morgan fingerprint density at radius 1 is 1.32 bits per heavy atom. The minimum absolute atomic E-state index is 0.219. The molecule has 6 heteroatoms. The zero-order valence-electron chi connectivity index (χ0n) is 11.4. The predicted molar refractivity (Wildman–Crippen MR) is 71.7 cm³/mol. The Hall–Kier alpha value is -1.98. The second kappa shape index (κ2) is 5.34. The number of anilines is 1. The van der Waals surface area contributed by atoms with Crippen molar-refractivity contribution >= 4 is 5.69 Å². The molecule has 19 heavy (non-hydrogen) atoms. The van der Waals surface area contributed by atoms with E-state index in [1.807, 2.05) is 0 Å². The SMILES string of the molecule is CC(C)(C)CCNc1cc(-n2cnnn2)ccc1F. The lowest BCUT2D eigenvalue weighted by atomic mass is 9.92. The Morgan fingerprint density at radius 2 is 2.11 bits per heavy atom. The molecule has 1 N–H and O–H groups in total. The first-order chi connectivity index (χ1) is 8.96. The molecule has 0 saturated heterocycles. The van der Waals surface area contributed by atoms with Gasteiger partial charge in [0.1, 0.15) is 12.1 Å². The normalized spacial score (nSPS) is 11.6. The van der Waals surface area contributed by atoms with Crippen LogP contribution in [-0.4, -0.2) is 26.8 Å². The fourth-order valence-corrected chi connectivity index (χ4v) is 1.64. The average Bonchev–Trinajstić information content (AvgIpc) is 2.83. The zero-order chi connectivity index (χ0) is 13.9. The predicted octanol–water partition coefficient (Wildman–Crippen LogP) is 2.65. The molecule has 1 aromatic carbocycles. The van der Waals surface area contributed by atoms with Crippen molar-refractivity contribution in [2.45, 2.75) is 27.2 Å². The molecule has 0 unspecified atom stereocenters. The van der Waals surface area contributed by atoms with Gasteiger partial charge < -0.3 is 5.32 Å². The van der Waals surface area contributed by atoms with Crippen molar-refractivity contribution in [2.24, 2.45) is 5.41 Å². The topological polar surface area (TPSA) is 55.6 Å². The lowest BCUT2D eigenvalue weighted by Crippen LogP contribution is -2.13. The number of hydrogen-bond donors (Lipinski definition) is 1.